The largest absolute Gasteiger partial charge is 0.462 e. The normalized spacial score (nSPS) is 22.3. The Morgan fingerprint density at radius 2 is 2.03 bits per heavy atom. The quantitative estimate of drug-likeness (QED) is 0.221. The van der Waals surface area contributed by atoms with Crippen molar-refractivity contribution in [3.63, 3.8) is 0 Å². The van der Waals surface area contributed by atoms with E-state index in [1.165, 1.54) is 17.8 Å². The van der Waals surface area contributed by atoms with Gasteiger partial charge in [0.1, 0.15) is 18.1 Å². The molecule has 0 bridgehead atoms. The standard InChI is InChI=1S/C23H38N3O7PS/c1-15(2)32-21(28)16(3)25-34(30-12-13-35-22(29)23(5,6)7)31-14-18-8-9-20(33-18)26-11-10-19(27)24-17(26)4/h10-11,15-16,18,20,25H,4,8-9,12-14H2,1-3,5-7H3,(H,24,27). The van der Waals surface area contributed by atoms with Gasteiger partial charge in [-0.25, -0.2) is 5.09 Å². The van der Waals surface area contributed by atoms with Crippen molar-refractivity contribution in [1.82, 2.24) is 15.3 Å². The second-order valence-corrected chi connectivity index (χ2v) is 11.9. The fourth-order valence-corrected chi connectivity index (χ4v) is 5.16. The van der Waals surface area contributed by atoms with Crippen LogP contribution in [0.1, 0.15) is 54.4 Å². The van der Waals surface area contributed by atoms with E-state index in [9.17, 15) is 14.4 Å². The van der Waals surface area contributed by atoms with Gasteiger partial charge in [-0.05, 0) is 33.6 Å². The van der Waals surface area contributed by atoms with Crippen LogP contribution in [0, 0.1) is 5.41 Å². The second-order valence-electron chi connectivity index (χ2n) is 9.56. The average Bonchev–Trinajstić information content (AvgIpc) is 3.21. The Bertz CT molecular complexity index is 802. The van der Waals surface area contributed by atoms with Crippen LogP contribution in [0.15, 0.2) is 24.7 Å². The number of thioether (sulfide) groups is 1. The van der Waals surface area contributed by atoms with E-state index in [1.54, 1.807) is 31.9 Å². The summed E-state index contributed by atoms with van der Waals surface area (Å²) < 4.78 is 23.2. The summed E-state index contributed by atoms with van der Waals surface area (Å²) in [6.07, 6.45) is 3.90. The van der Waals surface area contributed by atoms with Gasteiger partial charge >= 0.3 is 5.97 Å². The van der Waals surface area contributed by atoms with Crippen LogP contribution in [-0.4, -0.2) is 65.3 Å². The summed E-state index contributed by atoms with van der Waals surface area (Å²) in [5.74, 6) is 0.329. The fourth-order valence-electron chi connectivity index (χ4n) is 3.05. The number of carbonyl (C=O) groups is 3. The van der Waals surface area contributed by atoms with Gasteiger partial charge in [0.15, 0.2) is 5.12 Å². The zero-order chi connectivity index (χ0) is 26.2. The lowest BCUT2D eigenvalue weighted by Crippen LogP contribution is -2.41. The molecule has 2 aliphatic heterocycles. The molecule has 2 rings (SSSR count). The van der Waals surface area contributed by atoms with Crippen LogP contribution < -0.4 is 10.4 Å². The van der Waals surface area contributed by atoms with Crippen LogP contribution in [0.3, 0.4) is 0 Å². The maximum absolute atomic E-state index is 12.2. The maximum atomic E-state index is 12.2. The summed E-state index contributed by atoms with van der Waals surface area (Å²) in [5, 5.41) is 5.81. The highest BCUT2D eigenvalue weighted by molar-refractivity contribution is 8.13. The van der Waals surface area contributed by atoms with E-state index in [1.807, 2.05) is 20.8 Å². The Morgan fingerprint density at radius 1 is 1.31 bits per heavy atom. The highest BCUT2D eigenvalue weighted by Crippen LogP contribution is 2.37. The molecule has 0 aliphatic carbocycles. The summed E-state index contributed by atoms with van der Waals surface area (Å²) in [7, 11) is -1.63. The van der Waals surface area contributed by atoms with Crippen molar-refractivity contribution < 1.29 is 32.9 Å². The molecular formula is C23H38N3O7PS. The van der Waals surface area contributed by atoms with Gasteiger partial charge in [-0.2, -0.15) is 0 Å². The summed E-state index contributed by atoms with van der Waals surface area (Å²) >= 11 is 1.22. The highest BCUT2D eigenvalue weighted by Gasteiger charge is 2.33. The molecule has 0 aromatic heterocycles. The molecule has 0 aromatic rings. The van der Waals surface area contributed by atoms with Crippen molar-refractivity contribution in [2.45, 2.75) is 78.9 Å². The Balaban J connectivity index is 1.88. The first-order chi connectivity index (χ1) is 16.4. The minimum absolute atomic E-state index is 0.0862. The van der Waals surface area contributed by atoms with Gasteiger partial charge in [-0.15, -0.1) is 0 Å². The summed E-state index contributed by atoms with van der Waals surface area (Å²) in [5.41, 5.74) is -0.423. The van der Waals surface area contributed by atoms with E-state index in [2.05, 4.69) is 17.0 Å². The van der Waals surface area contributed by atoms with Crippen molar-refractivity contribution >= 4 is 37.3 Å². The highest BCUT2D eigenvalue weighted by atomic mass is 32.2. The van der Waals surface area contributed by atoms with Crippen molar-refractivity contribution in [3.05, 3.63) is 24.7 Å². The van der Waals surface area contributed by atoms with E-state index < -0.39 is 26.0 Å². The number of hydrogen-bond donors (Lipinski definition) is 2. The van der Waals surface area contributed by atoms with E-state index in [0.717, 1.165) is 12.8 Å². The molecule has 10 nitrogen and oxygen atoms in total. The lowest BCUT2D eigenvalue weighted by atomic mass is 10.00. The number of amides is 1. The monoisotopic (exact) mass is 531 g/mol. The summed E-state index contributed by atoms with van der Waals surface area (Å²) in [6, 6.07) is -0.630. The van der Waals surface area contributed by atoms with Crippen LogP contribution in [0.5, 0.6) is 0 Å². The molecule has 2 N–H and O–H groups in total. The van der Waals surface area contributed by atoms with Crippen molar-refractivity contribution in [2.75, 3.05) is 19.0 Å². The number of esters is 1. The Labute approximate surface area is 213 Å². The van der Waals surface area contributed by atoms with Crippen molar-refractivity contribution in [3.8, 4) is 0 Å². The van der Waals surface area contributed by atoms with Crippen LogP contribution >= 0.6 is 20.3 Å². The first-order valence-electron chi connectivity index (χ1n) is 11.7. The predicted molar refractivity (Wildman–Crippen MR) is 136 cm³/mol. The Kier molecular flexibility index (Phi) is 11.7. The zero-order valence-electron chi connectivity index (χ0n) is 21.4. The third-order valence-corrected chi connectivity index (χ3v) is 7.52. The van der Waals surface area contributed by atoms with Gasteiger partial charge < -0.3 is 28.7 Å². The molecule has 2 heterocycles. The van der Waals surface area contributed by atoms with E-state index >= 15 is 0 Å². The molecule has 0 spiro atoms. The van der Waals surface area contributed by atoms with Gasteiger partial charge in [-0.1, -0.05) is 39.1 Å². The molecule has 1 saturated heterocycles. The van der Waals surface area contributed by atoms with E-state index in [0.29, 0.717) is 11.6 Å². The SMILES string of the molecule is C=C1NC(=O)C=CN1C1CCC(COP(NC(C)C(=O)OC(C)C)OCCSC(=O)C(C)(C)C)O1. The Morgan fingerprint density at radius 3 is 2.66 bits per heavy atom. The smallest absolute Gasteiger partial charge is 0.323 e. The number of carbonyl (C=O) groups excluding carboxylic acids is 3. The first kappa shape index (κ1) is 29.7. The number of hydrogen-bond acceptors (Lipinski definition) is 10. The van der Waals surface area contributed by atoms with Gasteiger partial charge in [0.05, 0.1) is 25.4 Å². The summed E-state index contributed by atoms with van der Waals surface area (Å²) in [4.78, 5) is 37.6. The number of rotatable bonds is 12. The molecule has 0 saturated carbocycles. The average molecular weight is 532 g/mol. The second kappa shape index (κ2) is 13.7. The first-order valence-corrected chi connectivity index (χ1v) is 13.8. The van der Waals surface area contributed by atoms with Crippen LogP contribution in [0.25, 0.3) is 0 Å². The molecule has 12 heteroatoms. The van der Waals surface area contributed by atoms with Crippen LogP contribution in [0.2, 0.25) is 0 Å². The minimum atomic E-state index is -1.63. The Hall–Kier alpha value is -1.49. The fraction of sp³-hybridized carbons (Fsp3) is 0.696. The summed E-state index contributed by atoms with van der Waals surface area (Å²) in [6.45, 7) is 15.3. The van der Waals surface area contributed by atoms with Crippen LogP contribution in [0.4, 0.5) is 0 Å². The third kappa shape index (κ3) is 10.2. The van der Waals surface area contributed by atoms with Gasteiger partial charge in [0.2, 0.25) is 0 Å². The van der Waals surface area contributed by atoms with Crippen molar-refractivity contribution in [1.29, 1.82) is 0 Å². The number of ether oxygens (including phenoxy) is 2. The minimum Gasteiger partial charge on any atom is -0.462 e. The van der Waals surface area contributed by atoms with E-state index in [4.69, 9.17) is 18.5 Å². The molecule has 1 amide bonds. The van der Waals surface area contributed by atoms with Gasteiger partial charge in [0, 0.05) is 23.4 Å². The molecule has 0 radical (unpaired) electrons. The lowest BCUT2D eigenvalue weighted by molar-refractivity contribution is -0.149. The molecule has 4 unspecified atom stereocenters. The molecule has 2 aliphatic rings. The number of nitrogens with one attached hydrogen (secondary N) is 2. The third-order valence-electron chi connectivity index (χ3n) is 4.88. The molecule has 198 valence electrons. The van der Waals surface area contributed by atoms with Crippen molar-refractivity contribution in [2.24, 2.45) is 5.41 Å². The molecule has 4 atom stereocenters. The molecule has 0 aromatic carbocycles. The topological polar surface area (TPSA) is 115 Å². The molecule has 1 fully saturated rings. The molecule has 35 heavy (non-hydrogen) atoms. The molecular weight excluding hydrogens is 493 g/mol. The predicted octanol–water partition coefficient (Wildman–Crippen LogP) is 3.40. The van der Waals surface area contributed by atoms with Crippen LogP contribution in [-0.2, 0) is 32.9 Å². The number of nitrogens with zero attached hydrogens (tertiary/aromatic N) is 1. The van der Waals surface area contributed by atoms with Gasteiger partial charge in [0.25, 0.3) is 14.4 Å². The zero-order valence-corrected chi connectivity index (χ0v) is 23.1. The van der Waals surface area contributed by atoms with E-state index in [-0.39, 0.29) is 42.7 Å². The maximum Gasteiger partial charge on any atom is 0.323 e. The lowest BCUT2D eigenvalue weighted by Gasteiger charge is -2.31. The van der Waals surface area contributed by atoms with Gasteiger partial charge in [-0.3, -0.25) is 14.4 Å².